The van der Waals surface area contributed by atoms with Gasteiger partial charge in [-0.05, 0) is 0 Å². The van der Waals surface area contributed by atoms with Crippen LogP contribution < -0.4 is 5.73 Å². The maximum absolute atomic E-state index is 10.8. The second kappa shape index (κ2) is 3.70. The van der Waals surface area contributed by atoms with Gasteiger partial charge >= 0.3 is 0 Å². The lowest BCUT2D eigenvalue weighted by atomic mass is 10.2. The van der Waals surface area contributed by atoms with Gasteiger partial charge < -0.3 is 5.73 Å². The predicted molar refractivity (Wildman–Crippen MR) is 49.6 cm³/mol. The normalized spacial score (nSPS) is 10.5. The fraction of sp³-hybridized carbons (Fsp3) is 0.375. The smallest absolute Gasteiger partial charge is 0.268 e. The van der Waals surface area contributed by atoms with Crippen molar-refractivity contribution in [1.29, 1.82) is 0 Å². The molecule has 1 heterocycles. The first kappa shape index (κ1) is 9.92. The van der Waals surface area contributed by atoms with Crippen LogP contribution in [0.4, 0.5) is 0 Å². The number of amides is 1. The van der Waals surface area contributed by atoms with Crippen LogP contribution >= 0.6 is 11.6 Å². The third kappa shape index (κ3) is 2.15. The third-order valence-electron chi connectivity index (χ3n) is 1.51. The summed E-state index contributed by atoms with van der Waals surface area (Å²) in [6.45, 7) is 3.85. The number of rotatable bonds is 2. The Morgan fingerprint density at radius 3 is 2.69 bits per heavy atom. The Hall–Kier alpha value is -1.16. The fourth-order valence-electron chi connectivity index (χ4n) is 0.832. The second-order valence-electron chi connectivity index (χ2n) is 2.94. The quantitative estimate of drug-likeness (QED) is 0.782. The van der Waals surface area contributed by atoms with Crippen molar-refractivity contribution in [3.8, 4) is 0 Å². The van der Waals surface area contributed by atoms with Gasteiger partial charge in [-0.1, -0.05) is 25.4 Å². The molecule has 2 N–H and O–H groups in total. The highest BCUT2D eigenvalue weighted by Gasteiger charge is 2.11. The molecule has 0 radical (unpaired) electrons. The molecule has 0 spiro atoms. The Morgan fingerprint density at radius 2 is 2.23 bits per heavy atom. The van der Waals surface area contributed by atoms with Gasteiger partial charge in [0.05, 0.1) is 11.2 Å². The van der Waals surface area contributed by atoms with Crippen molar-refractivity contribution in [2.75, 3.05) is 0 Å². The molecule has 0 bridgehead atoms. The number of carbonyl (C=O) groups is 1. The summed E-state index contributed by atoms with van der Waals surface area (Å²) in [5.41, 5.74) is 5.15. The average molecular weight is 200 g/mol. The van der Waals surface area contributed by atoms with Gasteiger partial charge in [0, 0.05) is 5.92 Å². The molecule has 0 saturated carbocycles. The number of nitrogens with two attached hydrogens (primary N) is 1. The molecule has 1 aromatic heterocycles. The topological polar surface area (TPSA) is 68.9 Å². The van der Waals surface area contributed by atoms with Crippen molar-refractivity contribution in [2.24, 2.45) is 5.73 Å². The molecular weight excluding hydrogens is 190 g/mol. The number of carbonyl (C=O) groups excluding carboxylic acids is 1. The van der Waals surface area contributed by atoms with Gasteiger partial charge in [0.25, 0.3) is 5.91 Å². The van der Waals surface area contributed by atoms with Gasteiger partial charge in [0.1, 0.15) is 11.5 Å². The predicted octanol–water partition coefficient (Wildman–Crippen LogP) is 1.35. The summed E-state index contributed by atoms with van der Waals surface area (Å²) >= 11 is 5.67. The van der Waals surface area contributed by atoms with Crippen LogP contribution in [0.25, 0.3) is 0 Å². The summed E-state index contributed by atoms with van der Waals surface area (Å²) in [5.74, 6) is 0.0860. The van der Waals surface area contributed by atoms with Crippen LogP contribution in [0.15, 0.2) is 6.20 Å². The van der Waals surface area contributed by atoms with Crippen LogP contribution in [0, 0.1) is 0 Å². The lowest BCUT2D eigenvalue weighted by molar-refractivity contribution is 0.0995. The van der Waals surface area contributed by atoms with Crippen molar-refractivity contribution >= 4 is 17.5 Å². The van der Waals surface area contributed by atoms with E-state index in [1.165, 1.54) is 6.20 Å². The van der Waals surface area contributed by atoms with Crippen molar-refractivity contribution < 1.29 is 4.79 Å². The molecule has 0 aromatic carbocycles. The Bertz CT molecular complexity index is 338. The van der Waals surface area contributed by atoms with Gasteiger partial charge in [-0.25, -0.2) is 9.97 Å². The summed E-state index contributed by atoms with van der Waals surface area (Å²) < 4.78 is 0. The van der Waals surface area contributed by atoms with Crippen molar-refractivity contribution in [2.45, 2.75) is 19.8 Å². The van der Waals surface area contributed by atoms with E-state index in [1.54, 1.807) is 0 Å². The monoisotopic (exact) mass is 199 g/mol. The summed E-state index contributed by atoms with van der Waals surface area (Å²) in [6.07, 6.45) is 1.39. The molecule has 0 aliphatic rings. The number of aromatic nitrogens is 2. The zero-order chi connectivity index (χ0) is 10.0. The van der Waals surface area contributed by atoms with Gasteiger partial charge in [0.2, 0.25) is 0 Å². The van der Waals surface area contributed by atoms with Crippen LogP contribution in [0.2, 0.25) is 5.02 Å². The van der Waals surface area contributed by atoms with E-state index in [-0.39, 0.29) is 16.6 Å². The third-order valence-corrected chi connectivity index (χ3v) is 1.79. The fourth-order valence-corrected chi connectivity index (χ4v) is 1.02. The average Bonchev–Trinajstić information content (AvgIpc) is 2.04. The van der Waals surface area contributed by atoms with Gasteiger partial charge in [-0.2, -0.15) is 0 Å². The maximum Gasteiger partial charge on any atom is 0.268 e. The SMILES string of the molecule is CC(C)c1ncc(Cl)c(C(N)=O)n1. The molecule has 1 aromatic rings. The van der Waals surface area contributed by atoms with Gasteiger partial charge in [-0.3, -0.25) is 4.79 Å². The molecule has 0 saturated heterocycles. The number of nitrogens with zero attached hydrogens (tertiary/aromatic N) is 2. The first-order valence-corrected chi connectivity index (χ1v) is 4.22. The minimum absolute atomic E-state index is 0.0837. The minimum Gasteiger partial charge on any atom is -0.364 e. The molecule has 0 fully saturated rings. The molecule has 0 unspecified atom stereocenters. The largest absolute Gasteiger partial charge is 0.364 e. The Morgan fingerprint density at radius 1 is 1.62 bits per heavy atom. The lowest BCUT2D eigenvalue weighted by Gasteiger charge is -2.04. The highest BCUT2D eigenvalue weighted by Crippen LogP contribution is 2.15. The highest BCUT2D eigenvalue weighted by molar-refractivity contribution is 6.33. The van der Waals surface area contributed by atoms with E-state index in [2.05, 4.69) is 9.97 Å². The van der Waals surface area contributed by atoms with E-state index < -0.39 is 5.91 Å². The van der Waals surface area contributed by atoms with Gasteiger partial charge in [0.15, 0.2) is 0 Å². The molecule has 70 valence electrons. The summed E-state index contributed by atoms with van der Waals surface area (Å²) in [4.78, 5) is 18.8. The molecule has 1 rings (SSSR count). The minimum atomic E-state index is -0.630. The van der Waals surface area contributed by atoms with E-state index in [9.17, 15) is 4.79 Å². The van der Waals surface area contributed by atoms with Crippen LogP contribution in [0.3, 0.4) is 0 Å². The molecular formula is C8H10ClN3O. The Kier molecular flexibility index (Phi) is 2.83. The zero-order valence-electron chi connectivity index (χ0n) is 7.41. The second-order valence-corrected chi connectivity index (χ2v) is 3.35. The van der Waals surface area contributed by atoms with Crippen LogP contribution in [-0.4, -0.2) is 15.9 Å². The molecule has 5 heteroatoms. The summed E-state index contributed by atoms with van der Waals surface area (Å²) in [6, 6.07) is 0. The van der Waals surface area contributed by atoms with E-state index in [0.29, 0.717) is 5.82 Å². The summed E-state index contributed by atoms with van der Waals surface area (Å²) in [5, 5.41) is 0.192. The van der Waals surface area contributed by atoms with Crippen molar-refractivity contribution in [3.63, 3.8) is 0 Å². The van der Waals surface area contributed by atoms with Crippen molar-refractivity contribution in [3.05, 3.63) is 22.7 Å². The van der Waals surface area contributed by atoms with E-state index >= 15 is 0 Å². The molecule has 0 aliphatic heterocycles. The number of primary amides is 1. The van der Waals surface area contributed by atoms with Gasteiger partial charge in [-0.15, -0.1) is 0 Å². The molecule has 1 amide bonds. The van der Waals surface area contributed by atoms with Crippen molar-refractivity contribution in [1.82, 2.24) is 9.97 Å². The first-order chi connectivity index (χ1) is 6.02. The van der Waals surface area contributed by atoms with E-state index in [0.717, 1.165) is 0 Å². The van der Waals surface area contributed by atoms with Crippen LogP contribution in [0.1, 0.15) is 36.1 Å². The zero-order valence-corrected chi connectivity index (χ0v) is 8.17. The standard InChI is InChI=1S/C8H10ClN3O/c1-4(2)8-11-3-5(9)6(12-8)7(10)13/h3-4H,1-2H3,(H2,10,13). The van der Waals surface area contributed by atoms with E-state index in [4.69, 9.17) is 17.3 Å². The van der Waals surface area contributed by atoms with Crippen LogP contribution in [-0.2, 0) is 0 Å². The molecule has 4 nitrogen and oxygen atoms in total. The molecule has 0 aliphatic carbocycles. The maximum atomic E-state index is 10.8. The van der Waals surface area contributed by atoms with Crippen LogP contribution in [0.5, 0.6) is 0 Å². The number of hydrogen-bond donors (Lipinski definition) is 1. The Balaban J connectivity index is 3.19. The molecule has 0 atom stereocenters. The number of hydrogen-bond acceptors (Lipinski definition) is 3. The van der Waals surface area contributed by atoms with E-state index in [1.807, 2.05) is 13.8 Å². The summed E-state index contributed by atoms with van der Waals surface area (Å²) in [7, 11) is 0. The lowest BCUT2D eigenvalue weighted by Crippen LogP contribution is -2.15. The molecule has 13 heavy (non-hydrogen) atoms. The number of halogens is 1. The first-order valence-electron chi connectivity index (χ1n) is 3.84. The Labute approximate surface area is 81.1 Å². The highest BCUT2D eigenvalue weighted by atomic mass is 35.5.